The lowest BCUT2D eigenvalue weighted by atomic mass is 9.32. The second-order valence-electron chi connectivity index (χ2n) is 17.8. The molecule has 2 unspecified atom stereocenters. The van der Waals surface area contributed by atoms with Gasteiger partial charge in [0.15, 0.2) is 5.76 Å². The molecule has 2 aromatic rings. The maximum Gasteiger partial charge on any atom is 0.227 e. The maximum atomic E-state index is 14.6. The van der Waals surface area contributed by atoms with Crippen molar-refractivity contribution in [1.29, 1.82) is 0 Å². The van der Waals surface area contributed by atoms with Crippen LogP contribution in [-0.4, -0.2) is 56.4 Å². The Morgan fingerprint density at radius 3 is 2.54 bits per heavy atom. The van der Waals surface area contributed by atoms with Crippen LogP contribution >= 0.6 is 27.5 Å². The molecule has 7 rings (SSSR count). The van der Waals surface area contributed by atoms with Gasteiger partial charge in [-0.15, -0.1) is 0 Å². The second-order valence-corrected chi connectivity index (χ2v) is 19.0. The van der Waals surface area contributed by atoms with Gasteiger partial charge in [0.25, 0.3) is 0 Å². The van der Waals surface area contributed by atoms with E-state index >= 15 is 0 Å². The molecule has 1 amide bonds. The first kappa shape index (κ1) is 36.6. The van der Waals surface area contributed by atoms with E-state index < -0.39 is 34.6 Å². The fraction of sp³-hybridized carbons (Fsp3) is 0.700. The summed E-state index contributed by atoms with van der Waals surface area (Å²) in [5.74, 6) is 1.20. The molecule has 4 saturated carbocycles. The molecule has 10 heteroatoms. The summed E-state index contributed by atoms with van der Waals surface area (Å²) in [6.45, 7) is 13.3. The zero-order valence-corrected chi connectivity index (χ0v) is 32.5. The molecular formula is C40H54BrClN2O6. The molecule has 274 valence electrons. The topological polar surface area (TPSA) is 136 Å². The van der Waals surface area contributed by atoms with E-state index in [0.29, 0.717) is 35.2 Å². The van der Waals surface area contributed by atoms with E-state index in [0.717, 1.165) is 42.1 Å². The highest BCUT2D eigenvalue weighted by Gasteiger charge is 2.72. The van der Waals surface area contributed by atoms with E-state index in [1.165, 1.54) is 5.57 Å². The number of carbonyl (C=O) groups is 1. The van der Waals surface area contributed by atoms with Crippen LogP contribution in [0.15, 0.2) is 44.9 Å². The van der Waals surface area contributed by atoms with Crippen LogP contribution in [0.4, 0.5) is 0 Å². The largest absolute Gasteiger partial charge is 0.396 e. The summed E-state index contributed by atoms with van der Waals surface area (Å²) in [4.78, 5) is 14.6. The van der Waals surface area contributed by atoms with E-state index in [9.17, 15) is 25.2 Å². The lowest BCUT2D eigenvalue weighted by Gasteiger charge is -2.72. The Morgan fingerprint density at radius 2 is 1.82 bits per heavy atom. The number of hydrogen-bond donors (Lipinski definition) is 5. The van der Waals surface area contributed by atoms with Gasteiger partial charge in [-0.1, -0.05) is 82.1 Å². The molecule has 13 atom stereocenters. The monoisotopic (exact) mass is 772 g/mol. The zero-order chi connectivity index (χ0) is 36.2. The van der Waals surface area contributed by atoms with E-state index in [2.05, 4.69) is 67.1 Å². The second kappa shape index (κ2) is 12.4. The minimum atomic E-state index is -1.10. The Labute approximate surface area is 309 Å². The predicted molar refractivity (Wildman–Crippen MR) is 196 cm³/mol. The van der Waals surface area contributed by atoms with Crippen LogP contribution in [0, 0.1) is 56.7 Å². The third-order valence-electron chi connectivity index (χ3n) is 15.6. The van der Waals surface area contributed by atoms with E-state index in [1.807, 2.05) is 31.2 Å². The molecule has 1 heterocycles. The first-order valence-corrected chi connectivity index (χ1v) is 19.7. The fourth-order valence-electron chi connectivity index (χ4n) is 12.8. The van der Waals surface area contributed by atoms with Gasteiger partial charge in [0.05, 0.1) is 41.9 Å². The van der Waals surface area contributed by atoms with Crippen LogP contribution in [0.2, 0.25) is 5.02 Å². The highest BCUT2D eigenvalue weighted by molar-refractivity contribution is 9.10. The molecule has 8 nitrogen and oxygen atoms in total. The van der Waals surface area contributed by atoms with Crippen LogP contribution in [0.3, 0.4) is 0 Å². The van der Waals surface area contributed by atoms with Crippen molar-refractivity contribution in [3.63, 3.8) is 0 Å². The summed E-state index contributed by atoms with van der Waals surface area (Å²) in [6, 6.07) is 7.49. The van der Waals surface area contributed by atoms with Gasteiger partial charge in [-0.25, -0.2) is 0 Å². The molecule has 0 aliphatic heterocycles. The van der Waals surface area contributed by atoms with E-state index in [1.54, 1.807) is 0 Å². The molecule has 0 spiro atoms. The molecule has 5 N–H and O–H groups in total. The van der Waals surface area contributed by atoms with Crippen LogP contribution in [0.5, 0.6) is 0 Å². The summed E-state index contributed by atoms with van der Waals surface area (Å²) in [6.07, 6.45) is 4.70. The van der Waals surface area contributed by atoms with Gasteiger partial charge >= 0.3 is 0 Å². The lowest BCUT2D eigenvalue weighted by Crippen LogP contribution is -2.71. The van der Waals surface area contributed by atoms with Gasteiger partial charge in [-0.2, -0.15) is 0 Å². The number of fused-ring (bicyclic) bond motifs is 7. The Balaban J connectivity index is 1.21. The number of carbonyl (C=O) groups excluding carboxylic acids is 1. The van der Waals surface area contributed by atoms with E-state index in [-0.39, 0.29) is 53.6 Å². The molecule has 0 radical (unpaired) electrons. The number of hydrogen-bond acceptors (Lipinski definition) is 7. The van der Waals surface area contributed by atoms with Gasteiger partial charge in [0.1, 0.15) is 5.69 Å². The minimum absolute atomic E-state index is 0.0534. The summed E-state index contributed by atoms with van der Waals surface area (Å²) in [7, 11) is 0. The smallest absolute Gasteiger partial charge is 0.227 e. The van der Waals surface area contributed by atoms with Crippen molar-refractivity contribution in [3.05, 3.63) is 51.2 Å². The number of allylic oxidation sites excluding steroid dienone is 2. The Morgan fingerprint density at radius 1 is 1.08 bits per heavy atom. The van der Waals surface area contributed by atoms with Gasteiger partial charge < -0.3 is 30.3 Å². The van der Waals surface area contributed by atoms with Crippen molar-refractivity contribution >= 4 is 33.4 Å². The van der Waals surface area contributed by atoms with Crippen molar-refractivity contribution in [2.45, 2.75) is 111 Å². The normalized spacial score (nSPS) is 45.4. The van der Waals surface area contributed by atoms with Crippen LogP contribution < -0.4 is 5.32 Å². The van der Waals surface area contributed by atoms with Crippen LogP contribution in [-0.2, 0) is 11.3 Å². The first-order chi connectivity index (χ1) is 23.5. The number of aliphatic hydroxyl groups is 4. The molecule has 50 heavy (non-hydrogen) atoms. The third kappa shape index (κ3) is 4.95. The number of nitrogens with one attached hydrogen (secondary N) is 1. The number of nitrogens with zero attached hydrogens (tertiary/aromatic N) is 1. The number of amides is 1. The molecule has 0 bridgehead atoms. The van der Waals surface area contributed by atoms with Gasteiger partial charge in [-0.3, -0.25) is 4.79 Å². The number of benzene rings is 1. The number of aromatic nitrogens is 1. The highest BCUT2D eigenvalue weighted by Crippen LogP contribution is 2.75. The number of aliphatic hydroxyl groups excluding tert-OH is 4. The maximum absolute atomic E-state index is 14.6. The van der Waals surface area contributed by atoms with Crippen LogP contribution in [0.1, 0.15) is 92.2 Å². The van der Waals surface area contributed by atoms with Crippen molar-refractivity contribution in [3.8, 4) is 11.3 Å². The highest BCUT2D eigenvalue weighted by atomic mass is 79.9. The van der Waals surface area contributed by atoms with Crippen molar-refractivity contribution in [1.82, 2.24) is 10.5 Å². The predicted octanol–water partition coefficient (Wildman–Crippen LogP) is 7.31. The van der Waals surface area contributed by atoms with Gasteiger partial charge in [-0.05, 0) is 107 Å². The van der Waals surface area contributed by atoms with Crippen LogP contribution in [0.25, 0.3) is 11.3 Å². The summed E-state index contributed by atoms with van der Waals surface area (Å²) < 4.78 is 6.45. The molecule has 5 aliphatic rings. The van der Waals surface area contributed by atoms with Gasteiger partial charge in [0, 0.05) is 27.4 Å². The Kier molecular flexibility index (Phi) is 9.08. The minimum Gasteiger partial charge on any atom is -0.396 e. The molecule has 5 aliphatic carbocycles. The molecular weight excluding hydrogens is 720 g/mol. The summed E-state index contributed by atoms with van der Waals surface area (Å²) in [5, 5.41) is 53.1. The van der Waals surface area contributed by atoms with Crippen molar-refractivity contribution in [2.75, 3.05) is 6.61 Å². The fourth-order valence-corrected chi connectivity index (χ4v) is 13.4. The Bertz CT molecular complexity index is 1700. The van der Waals surface area contributed by atoms with Crippen molar-refractivity contribution in [2.24, 2.45) is 56.7 Å². The molecule has 1 aromatic carbocycles. The lowest BCUT2D eigenvalue weighted by molar-refractivity contribution is -0.273. The third-order valence-corrected chi connectivity index (χ3v) is 16.9. The molecule has 0 saturated heterocycles. The number of halogens is 2. The molecule has 4 fully saturated rings. The summed E-state index contributed by atoms with van der Waals surface area (Å²) >= 11 is 9.99. The van der Waals surface area contributed by atoms with Crippen molar-refractivity contribution < 1.29 is 29.7 Å². The SMILES string of the molecule is C[C@H]1[C@H](C)CC[C@]2(C(=O)NCc3cc(-c4cccc(Br)c4Cl)no3)CC[C@]3(C)C(=CCC4[C@@]5(C)C[C@@H](O)[C@H](O)[C@@](C)(CO)C5[C@H](O)C[C@]43C)[C@H]12. The average molecular weight is 774 g/mol. The molecule has 1 aromatic heterocycles. The first-order valence-electron chi connectivity index (χ1n) is 18.5. The quantitative estimate of drug-likeness (QED) is 0.201. The zero-order valence-electron chi connectivity index (χ0n) is 30.2. The van der Waals surface area contributed by atoms with E-state index in [4.69, 9.17) is 16.1 Å². The van der Waals surface area contributed by atoms with Gasteiger partial charge in [0.2, 0.25) is 5.91 Å². The Hall–Kier alpha value is -1.75. The number of rotatable bonds is 5. The average Bonchev–Trinajstić information content (AvgIpc) is 3.54. The summed E-state index contributed by atoms with van der Waals surface area (Å²) in [5.41, 5.74) is 0.0744. The standard InChI is InChI=1S/C40H54BrClN2O6/c1-21-12-13-40(35(49)43-19-23-16-27(44-50-23)24-8-7-9-26(41)32(24)42)15-14-38(5)25(31(40)22(21)2)10-11-30-36(3)17-29(47)34(48)37(4,20-45)33(36)28(46)18-39(30,38)6/h7-10,16,21-22,28-31,33-34,45-48H,11-15,17-20H2,1-6H3,(H,43,49)/t21-,22+,28-,29-,30?,31+,33?,34+,36-,37+,38-,39-,40+/m1/s1.